The van der Waals surface area contributed by atoms with Crippen LogP contribution in [0, 0.1) is 0 Å². The molecular weight excluding hydrogens is 330 g/mol. The van der Waals surface area contributed by atoms with E-state index in [1.54, 1.807) is 0 Å². The van der Waals surface area contributed by atoms with Crippen LogP contribution in [0.4, 0.5) is 5.69 Å². The lowest BCUT2D eigenvalue weighted by atomic mass is 9.86. The van der Waals surface area contributed by atoms with Gasteiger partial charge in [0.25, 0.3) is 0 Å². The fourth-order valence-electron chi connectivity index (χ4n) is 3.54. The second-order valence-corrected chi connectivity index (χ2v) is 6.70. The largest absolute Gasteiger partial charge is 0.306 e. The minimum absolute atomic E-state index is 0.0670. The Labute approximate surface area is 152 Å². The highest BCUT2D eigenvalue weighted by Crippen LogP contribution is 2.37. The third-order valence-electron chi connectivity index (χ3n) is 4.78. The zero-order valence-electron chi connectivity index (χ0n) is 13.7. The van der Waals surface area contributed by atoms with Crippen molar-refractivity contribution in [3.05, 3.63) is 101 Å². The molecule has 0 aromatic heterocycles. The first kappa shape index (κ1) is 15.9. The van der Waals surface area contributed by atoms with Gasteiger partial charge in [-0.05, 0) is 28.8 Å². The maximum Gasteiger partial charge on any atom is 0.228 e. The summed E-state index contributed by atoms with van der Waals surface area (Å²) < 4.78 is 0. The Hall–Kier alpha value is -2.58. The molecule has 0 spiro atoms. The Morgan fingerprint density at radius 2 is 1.52 bits per heavy atom. The van der Waals surface area contributed by atoms with E-state index in [2.05, 4.69) is 24.3 Å². The van der Waals surface area contributed by atoms with E-state index in [9.17, 15) is 4.79 Å². The summed E-state index contributed by atoms with van der Waals surface area (Å²) in [5, 5.41) is 0.603. The van der Waals surface area contributed by atoms with E-state index in [-0.39, 0.29) is 11.8 Å². The highest BCUT2D eigenvalue weighted by atomic mass is 35.5. The van der Waals surface area contributed by atoms with Crippen LogP contribution >= 0.6 is 11.6 Å². The van der Waals surface area contributed by atoms with E-state index >= 15 is 0 Å². The van der Waals surface area contributed by atoms with Gasteiger partial charge in [0.2, 0.25) is 5.91 Å². The molecule has 1 heterocycles. The van der Waals surface area contributed by atoms with E-state index in [4.69, 9.17) is 11.6 Å². The zero-order valence-corrected chi connectivity index (χ0v) is 14.5. The monoisotopic (exact) mass is 347 g/mol. The molecular formula is C22H18ClNO. The Morgan fingerprint density at radius 3 is 2.32 bits per heavy atom. The Morgan fingerprint density at radius 1 is 0.840 bits per heavy atom. The van der Waals surface area contributed by atoms with Gasteiger partial charge >= 0.3 is 0 Å². The van der Waals surface area contributed by atoms with E-state index in [0.29, 0.717) is 18.0 Å². The van der Waals surface area contributed by atoms with Gasteiger partial charge in [-0.2, -0.15) is 0 Å². The Bertz CT molecular complexity index is 907. The summed E-state index contributed by atoms with van der Waals surface area (Å²) in [4.78, 5) is 14.9. The number of nitrogens with zero attached hydrogens (tertiary/aromatic N) is 1. The molecule has 3 aromatic carbocycles. The van der Waals surface area contributed by atoms with Crippen LogP contribution in [0.2, 0.25) is 5.02 Å². The lowest BCUT2D eigenvalue weighted by Gasteiger charge is -2.22. The van der Waals surface area contributed by atoms with E-state index < -0.39 is 0 Å². The van der Waals surface area contributed by atoms with Crippen molar-refractivity contribution in [2.24, 2.45) is 0 Å². The molecule has 124 valence electrons. The minimum atomic E-state index is 0.0670. The molecule has 0 aliphatic carbocycles. The van der Waals surface area contributed by atoms with Crippen molar-refractivity contribution in [3.8, 4) is 0 Å². The first-order valence-corrected chi connectivity index (χ1v) is 8.79. The summed E-state index contributed by atoms with van der Waals surface area (Å²) in [5.74, 6) is 0.163. The van der Waals surface area contributed by atoms with E-state index in [0.717, 1.165) is 5.69 Å². The second-order valence-electron chi connectivity index (χ2n) is 6.30. The quantitative estimate of drug-likeness (QED) is 0.607. The molecule has 0 saturated heterocycles. The van der Waals surface area contributed by atoms with Crippen molar-refractivity contribution >= 4 is 23.2 Å². The number of rotatable bonds is 2. The number of hydrogen-bond donors (Lipinski definition) is 0. The van der Waals surface area contributed by atoms with Gasteiger partial charge in [0, 0.05) is 12.3 Å². The number of carbonyl (C=O) groups excluding carboxylic acids is 1. The molecule has 1 unspecified atom stereocenters. The number of halogens is 1. The van der Waals surface area contributed by atoms with Crippen LogP contribution in [0.25, 0.3) is 0 Å². The van der Waals surface area contributed by atoms with Crippen molar-refractivity contribution < 1.29 is 4.79 Å². The molecule has 0 saturated carbocycles. The number of amides is 1. The fourth-order valence-corrected chi connectivity index (χ4v) is 3.78. The fraction of sp³-hybridized carbons (Fsp3) is 0.136. The van der Waals surface area contributed by atoms with Crippen molar-refractivity contribution in [1.82, 2.24) is 0 Å². The number of anilines is 1. The number of para-hydroxylation sites is 1. The molecule has 3 aromatic rings. The van der Waals surface area contributed by atoms with Crippen molar-refractivity contribution in [2.75, 3.05) is 4.90 Å². The normalized spacial score (nSPS) is 17.1. The molecule has 3 heteroatoms. The van der Waals surface area contributed by atoms with Crippen LogP contribution in [0.15, 0.2) is 78.9 Å². The van der Waals surface area contributed by atoms with Gasteiger partial charge in [-0.15, -0.1) is 0 Å². The number of fused-ring (bicyclic) bond motifs is 1. The smallest absolute Gasteiger partial charge is 0.228 e. The second kappa shape index (κ2) is 6.73. The number of benzene rings is 3. The molecule has 1 atom stereocenters. The SMILES string of the molecule is O=C1CC(c2ccccc2)c2ccccc2CN1c1ccccc1Cl. The van der Waals surface area contributed by atoms with Gasteiger partial charge in [0.05, 0.1) is 17.3 Å². The summed E-state index contributed by atoms with van der Waals surface area (Å²) in [6, 6.07) is 26.1. The molecule has 0 fully saturated rings. The third-order valence-corrected chi connectivity index (χ3v) is 5.10. The summed E-state index contributed by atoms with van der Waals surface area (Å²) in [6.45, 7) is 0.544. The first-order chi connectivity index (χ1) is 12.2. The van der Waals surface area contributed by atoms with E-state index in [1.165, 1.54) is 16.7 Å². The highest BCUT2D eigenvalue weighted by molar-refractivity contribution is 6.33. The van der Waals surface area contributed by atoms with Crippen LogP contribution in [0.1, 0.15) is 29.0 Å². The molecule has 0 bridgehead atoms. The zero-order chi connectivity index (χ0) is 17.2. The van der Waals surface area contributed by atoms with Crippen LogP contribution in [0.5, 0.6) is 0 Å². The first-order valence-electron chi connectivity index (χ1n) is 8.41. The molecule has 0 N–H and O–H groups in total. The van der Waals surface area contributed by atoms with Gasteiger partial charge < -0.3 is 4.90 Å². The number of hydrogen-bond acceptors (Lipinski definition) is 1. The lowest BCUT2D eigenvalue weighted by molar-refractivity contribution is -0.118. The van der Waals surface area contributed by atoms with Crippen LogP contribution in [-0.4, -0.2) is 5.91 Å². The predicted octanol–water partition coefficient (Wildman–Crippen LogP) is 5.41. The maximum atomic E-state index is 13.1. The number of carbonyl (C=O) groups is 1. The van der Waals surface area contributed by atoms with Crippen LogP contribution in [0.3, 0.4) is 0 Å². The average molecular weight is 348 g/mol. The molecule has 1 aliphatic heterocycles. The van der Waals surface area contributed by atoms with Crippen LogP contribution < -0.4 is 4.90 Å². The molecule has 25 heavy (non-hydrogen) atoms. The van der Waals surface area contributed by atoms with Gasteiger partial charge in [0.15, 0.2) is 0 Å². The van der Waals surface area contributed by atoms with Crippen molar-refractivity contribution in [3.63, 3.8) is 0 Å². The molecule has 1 amide bonds. The lowest BCUT2D eigenvalue weighted by Crippen LogP contribution is -2.29. The summed E-state index contributed by atoms with van der Waals surface area (Å²) in [5.41, 5.74) is 4.33. The Balaban J connectivity index is 1.81. The Kier molecular flexibility index (Phi) is 4.29. The summed E-state index contributed by atoms with van der Waals surface area (Å²) in [7, 11) is 0. The topological polar surface area (TPSA) is 20.3 Å². The predicted molar refractivity (Wildman–Crippen MR) is 102 cm³/mol. The highest BCUT2D eigenvalue weighted by Gasteiger charge is 2.29. The van der Waals surface area contributed by atoms with Gasteiger partial charge in [0.1, 0.15) is 0 Å². The summed E-state index contributed by atoms with van der Waals surface area (Å²) >= 11 is 6.36. The third kappa shape index (κ3) is 3.06. The molecule has 4 rings (SSSR count). The maximum absolute atomic E-state index is 13.1. The van der Waals surface area contributed by atoms with Crippen molar-refractivity contribution in [1.29, 1.82) is 0 Å². The van der Waals surface area contributed by atoms with Gasteiger partial charge in [-0.25, -0.2) is 0 Å². The average Bonchev–Trinajstić information content (AvgIpc) is 2.80. The van der Waals surface area contributed by atoms with Gasteiger partial charge in [-0.1, -0.05) is 78.3 Å². The van der Waals surface area contributed by atoms with Crippen LogP contribution in [-0.2, 0) is 11.3 Å². The molecule has 0 radical (unpaired) electrons. The van der Waals surface area contributed by atoms with Gasteiger partial charge in [-0.3, -0.25) is 4.79 Å². The van der Waals surface area contributed by atoms with Crippen molar-refractivity contribution in [2.45, 2.75) is 18.9 Å². The van der Waals surface area contributed by atoms with E-state index in [1.807, 2.05) is 59.5 Å². The molecule has 2 nitrogen and oxygen atoms in total. The summed E-state index contributed by atoms with van der Waals surface area (Å²) in [6.07, 6.45) is 0.437. The standard InChI is InChI=1S/C22H18ClNO/c23-20-12-6-7-13-21(20)24-15-17-10-4-5-11-18(17)19(14-22(24)25)16-8-2-1-3-9-16/h1-13,19H,14-15H2. The molecule has 1 aliphatic rings. The minimum Gasteiger partial charge on any atom is -0.306 e.